The van der Waals surface area contributed by atoms with Gasteiger partial charge >= 0.3 is 113 Å². The van der Waals surface area contributed by atoms with Gasteiger partial charge in [-0.15, -0.1) is 17.0 Å². The van der Waals surface area contributed by atoms with Crippen LogP contribution in [0.3, 0.4) is 0 Å². The van der Waals surface area contributed by atoms with Crippen LogP contribution in [-0.4, -0.2) is 0 Å². The second-order valence-electron chi connectivity index (χ2n) is 2.73. The van der Waals surface area contributed by atoms with Gasteiger partial charge < -0.3 is 121 Å². The summed E-state index contributed by atoms with van der Waals surface area (Å²) in [6.45, 7) is 18.0. The molecule has 0 heterocycles. The molecule has 0 saturated carbocycles. The second-order valence-corrected chi connectivity index (χ2v) is 2.73. The van der Waals surface area contributed by atoms with E-state index in [4.69, 9.17) is 18.6 Å². The van der Waals surface area contributed by atoms with Crippen molar-refractivity contribution in [3.8, 4) is 0 Å². The Morgan fingerprint density at radius 3 is 0.424 bits per heavy atom. The van der Waals surface area contributed by atoms with Crippen molar-refractivity contribution in [3.63, 3.8) is 0 Å². The Hall–Kier alpha value is -1.08. The molecule has 164 valence electrons. The van der Waals surface area contributed by atoms with Crippen molar-refractivity contribution in [2.75, 3.05) is 0 Å². The number of halogens is 1. The van der Waals surface area contributed by atoms with Crippen molar-refractivity contribution >= 4 is 17.0 Å². The van der Waals surface area contributed by atoms with E-state index in [-0.39, 0.29) is 85.3 Å². The third kappa shape index (κ3) is 72.2. The molecule has 0 fully saturated rings. The molecule has 0 amide bonds. The van der Waals surface area contributed by atoms with Gasteiger partial charge in [0.2, 0.25) is 0 Å². The molecule has 9 heteroatoms. The molecule has 0 aliphatic carbocycles. The van der Waals surface area contributed by atoms with Crippen LogP contribution in [0.5, 0.6) is 0 Å². The minimum atomic E-state index is 0. The Labute approximate surface area is 249 Å². The SMILES string of the molecule is Br.[C-]#[O+].[C-]#[O+].[C-]#[O+].[C-]#[O+].[Fe+5].[Fe+5].[Fe+5].[Fe+5].[c-]1[c-][c-][cH-][c-]1.[c-]1[c-][c-][cH-][c-]1.[c-]1[c-][c-][cH-][c-]1.[c-]1[c-][c-][cH-][c-]1. The maximum Gasteiger partial charge on any atom is 5.00 e. The van der Waals surface area contributed by atoms with Crippen molar-refractivity contribution in [2.45, 2.75) is 0 Å². The van der Waals surface area contributed by atoms with E-state index in [1.54, 1.807) is 24.3 Å². The van der Waals surface area contributed by atoms with Gasteiger partial charge in [-0.1, -0.05) is 0 Å². The molecular formula is C24H5BrFe4O4. The van der Waals surface area contributed by atoms with Crippen molar-refractivity contribution in [2.24, 2.45) is 0 Å². The molecule has 0 atom stereocenters. The standard InChI is InChI=1S/4C5H.4CO.BrH.4Fe/c4*1-2-4-5-3-1;4*1-2;;;;;/h4*1H;;;;;1H;;;;/q4*-5;;;;;;4*+5. The van der Waals surface area contributed by atoms with E-state index >= 15 is 0 Å². The monoisotopic (exact) mass is 660 g/mol. The minimum Gasteiger partial charge on any atom is -0.999 e. The van der Waals surface area contributed by atoms with E-state index in [2.05, 4.69) is 124 Å². The smallest absolute Gasteiger partial charge is 0.999 e. The summed E-state index contributed by atoms with van der Waals surface area (Å²) >= 11 is 0. The molecule has 0 aliphatic rings. The van der Waals surface area contributed by atoms with Gasteiger partial charge in [0.25, 0.3) is 0 Å². The molecular weight excluding hydrogens is 656 g/mol. The maximum atomic E-state index is 7.50. The Morgan fingerprint density at radius 2 is 0.394 bits per heavy atom. The first-order valence-corrected chi connectivity index (χ1v) is 6.13. The average molecular weight is 661 g/mol. The van der Waals surface area contributed by atoms with Crippen molar-refractivity contribution in [1.82, 2.24) is 0 Å². The molecule has 0 aliphatic heterocycles. The van der Waals surface area contributed by atoms with Crippen LogP contribution >= 0.6 is 17.0 Å². The quantitative estimate of drug-likeness (QED) is 0.158. The summed E-state index contributed by atoms with van der Waals surface area (Å²) in [5, 5.41) is 0. The Balaban J connectivity index is -0.0000000289. The number of rotatable bonds is 0. The summed E-state index contributed by atoms with van der Waals surface area (Å²) in [6.07, 6.45) is 0. The van der Waals surface area contributed by atoms with Crippen molar-refractivity contribution < 1.29 is 86.9 Å². The van der Waals surface area contributed by atoms with Crippen LogP contribution < -0.4 is 0 Å². The Kier molecular flexibility index (Phi) is 136. The van der Waals surface area contributed by atoms with Gasteiger partial charge in [-0.3, -0.25) is 0 Å². The van der Waals surface area contributed by atoms with Gasteiger partial charge in [0.05, 0.1) is 0 Å². The summed E-state index contributed by atoms with van der Waals surface area (Å²) in [4.78, 5) is 0. The zero-order valence-electron chi connectivity index (χ0n) is 15.8. The Morgan fingerprint density at radius 1 is 0.303 bits per heavy atom. The van der Waals surface area contributed by atoms with E-state index in [0.717, 1.165) is 0 Å². The fourth-order valence-corrected chi connectivity index (χ4v) is 0.722. The molecule has 4 aromatic rings. The molecule has 4 radical (unpaired) electrons. The molecule has 0 aromatic heterocycles. The predicted molar refractivity (Wildman–Crippen MR) is 95.6 cm³/mol. The minimum absolute atomic E-state index is 0. The van der Waals surface area contributed by atoms with Crippen molar-refractivity contribution in [1.29, 1.82) is 0 Å². The van der Waals surface area contributed by atoms with Crippen LogP contribution in [0.1, 0.15) is 0 Å². The predicted octanol–water partition coefficient (Wildman–Crippen LogP) is 2.84. The van der Waals surface area contributed by atoms with E-state index < -0.39 is 0 Å². The summed E-state index contributed by atoms with van der Waals surface area (Å²) in [7, 11) is 0. The number of hydrogen-bond acceptors (Lipinski definition) is 0. The zero-order valence-corrected chi connectivity index (χ0v) is 21.9. The summed E-state index contributed by atoms with van der Waals surface area (Å²) in [6, 6.07) is 48.0. The molecule has 4 aromatic carbocycles. The summed E-state index contributed by atoms with van der Waals surface area (Å²) < 4.78 is 30.0. The van der Waals surface area contributed by atoms with E-state index in [0.29, 0.717) is 0 Å². The fourth-order valence-electron chi connectivity index (χ4n) is 0.722. The van der Waals surface area contributed by atoms with E-state index in [9.17, 15) is 0 Å². The molecule has 4 rings (SSSR count). The van der Waals surface area contributed by atoms with Crippen LogP contribution in [0.2, 0.25) is 0 Å². The molecule has 0 saturated heterocycles. The maximum absolute atomic E-state index is 7.50. The summed E-state index contributed by atoms with van der Waals surface area (Å²) in [5.41, 5.74) is 0. The van der Waals surface area contributed by atoms with Crippen LogP contribution in [0.15, 0.2) is 24.3 Å². The van der Waals surface area contributed by atoms with Gasteiger partial charge in [-0.2, -0.15) is 0 Å². The van der Waals surface area contributed by atoms with E-state index in [1.807, 2.05) is 0 Å². The van der Waals surface area contributed by atoms with Crippen LogP contribution in [-0.2, 0) is 86.9 Å². The third-order valence-electron chi connectivity index (χ3n) is 1.40. The molecule has 0 unspecified atom stereocenters. The molecule has 4 nitrogen and oxygen atoms in total. The van der Waals surface area contributed by atoms with Gasteiger partial charge in [-0.05, 0) is 0 Å². The number of hydrogen-bond donors (Lipinski definition) is 0. The van der Waals surface area contributed by atoms with Gasteiger partial charge in [0.15, 0.2) is 0 Å². The second kappa shape index (κ2) is 77.3. The Bertz CT molecular complexity index is 504. The van der Waals surface area contributed by atoms with Crippen LogP contribution in [0.25, 0.3) is 0 Å². The first-order chi connectivity index (χ1) is 14.0. The topological polar surface area (TPSA) is 79.6 Å². The third-order valence-corrected chi connectivity index (χ3v) is 1.40. The van der Waals surface area contributed by atoms with Crippen LogP contribution in [0, 0.1) is 124 Å². The van der Waals surface area contributed by atoms with Gasteiger partial charge in [0.1, 0.15) is 0 Å². The van der Waals surface area contributed by atoms with Crippen molar-refractivity contribution in [3.05, 3.63) is 148 Å². The molecule has 0 spiro atoms. The van der Waals surface area contributed by atoms with E-state index in [1.165, 1.54) is 0 Å². The van der Waals surface area contributed by atoms with Gasteiger partial charge in [0, 0.05) is 0 Å². The van der Waals surface area contributed by atoms with Gasteiger partial charge in [-0.25, -0.2) is 0 Å². The largest absolute Gasteiger partial charge is 5.00 e. The first kappa shape index (κ1) is 58.1. The molecule has 0 N–H and O–H groups in total. The molecule has 0 bridgehead atoms. The summed E-state index contributed by atoms with van der Waals surface area (Å²) in [5.74, 6) is 0. The fraction of sp³-hybridized carbons (Fsp3) is 0. The molecule has 33 heavy (non-hydrogen) atoms. The van der Waals surface area contributed by atoms with Crippen LogP contribution in [0.4, 0.5) is 0 Å². The average Bonchev–Trinajstić information content (AvgIpc) is 3.66. The first-order valence-electron chi connectivity index (χ1n) is 6.13. The zero-order chi connectivity index (χ0) is 22.1. The normalized spacial score (nSPS) is 5.09.